The SMILES string of the molecule is Cc1cc(CS(=O)(=O)NCCn2cc(C(=O)O)nn2)no1. The molecule has 10 nitrogen and oxygen atoms in total. The zero-order valence-electron chi connectivity index (χ0n) is 11.1. The first kappa shape index (κ1) is 15.1. The van der Waals surface area contributed by atoms with Crippen LogP contribution in [0.5, 0.6) is 0 Å². The van der Waals surface area contributed by atoms with Gasteiger partial charge in [0.05, 0.1) is 12.7 Å². The zero-order valence-corrected chi connectivity index (χ0v) is 11.9. The molecule has 2 heterocycles. The number of sulfonamides is 1. The lowest BCUT2D eigenvalue weighted by molar-refractivity contribution is 0.0690. The highest BCUT2D eigenvalue weighted by molar-refractivity contribution is 7.88. The van der Waals surface area contributed by atoms with Crippen molar-refractivity contribution < 1.29 is 22.8 Å². The predicted octanol–water partition coefficient (Wildman–Crippen LogP) is -0.608. The molecule has 2 aromatic rings. The summed E-state index contributed by atoms with van der Waals surface area (Å²) in [6.45, 7) is 1.89. The predicted molar refractivity (Wildman–Crippen MR) is 68.8 cm³/mol. The van der Waals surface area contributed by atoms with Crippen molar-refractivity contribution >= 4 is 16.0 Å². The minimum atomic E-state index is -3.55. The molecule has 0 aliphatic carbocycles. The smallest absolute Gasteiger partial charge is 0.358 e. The topological polar surface area (TPSA) is 140 Å². The third-order valence-corrected chi connectivity index (χ3v) is 3.76. The fraction of sp³-hybridized carbons (Fsp3) is 0.400. The van der Waals surface area contributed by atoms with E-state index in [1.165, 1.54) is 16.9 Å². The summed E-state index contributed by atoms with van der Waals surface area (Å²) < 4.78 is 32.0. The summed E-state index contributed by atoms with van der Waals surface area (Å²) >= 11 is 0. The van der Waals surface area contributed by atoms with Crippen molar-refractivity contribution in [1.82, 2.24) is 24.9 Å². The lowest BCUT2D eigenvalue weighted by atomic mass is 10.4. The van der Waals surface area contributed by atoms with Crippen LogP contribution in [0.4, 0.5) is 0 Å². The molecule has 0 spiro atoms. The van der Waals surface area contributed by atoms with Gasteiger partial charge in [0.15, 0.2) is 5.69 Å². The van der Waals surface area contributed by atoms with Gasteiger partial charge in [-0.3, -0.25) is 4.68 Å². The van der Waals surface area contributed by atoms with E-state index in [4.69, 9.17) is 9.63 Å². The first-order valence-corrected chi connectivity index (χ1v) is 7.54. The number of nitrogens with one attached hydrogen (secondary N) is 1. The van der Waals surface area contributed by atoms with E-state index < -0.39 is 16.0 Å². The lowest BCUT2D eigenvalue weighted by Gasteiger charge is -2.04. The summed E-state index contributed by atoms with van der Waals surface area (Å²) in [5, 5.41) is 19.3. The van der Waals surface area contributed by atoms with Crippen molar-refractivity contribution in [2.45, 2.75) is 19.2 Å². The maximum atomic E-state index is 11.8. The molecule has 0 aliphatic rings. The number of aromatic carboxylic acids is 1. The van der Waals surface area contributed by atoms with Gasteiger partial charge in [0.2, 0.25) is 10.0 Å². The molecule has 11 heteroatoms. The Balaban J connectivity index is 1.85. The number of aryl methyl sites for hydroxylation is 1. The molecule has 0 saturated heterocycles. The van der Waals surface area contributed by atoms with Crippen LogP contribution >= 0.6 is 0 Å². The van der Waals surface area contributed by atoms with E-state index >= 15 is 0 Å². The summed E-state index contributed by atoms with van der Waals surface area (Å²) in [5.41, 5.74) is 0.116. The monoisotopic (exact) mass is 315 g/mol. The van der Waals surface area contributed by atoms with E-state index in [-0.39, 0.29) is 24.5 Å². The number of hydrogen-bond acceptors (Lipinski definition) is 7. The van der Waals surface area contributed by atoms with Crippen molar-refractivity contribution in [3.8, 4) is 0 Å². The summed E-state index contributed by atoms with van der Waals surface area (Å²) in [6.07, 6.45) is 1.22. The van der Waals surface area contributed by atoms with Crippen LogP contribution in [-0.2, 0) is 22.3 Å². The molecule has 114 valence electrons. The minimum Gasteiger partial charge on any atom is -0.476 e. The second-order valence-electron chi connectivity index (χ2n) is 4.25. The minimum absolute atomic E-state index is 0.0571. The van der Waals surface area contributed by atoms with Crippen LogP contribution in [0.1, 0.15) is 21.9 Å². The second-order valence-corrected chi connectivity index (χ2v) is 6.06. The van der Waals surface area contributed by atoms with Gasteiger partial charge < -0.3 is 9.63 Å². The van der Waals surface area contributed by atoms with E-state index in [1.54, 1.807) is 6.92 Å². The Hall–Kier alpha value is -2.27. The maximum absolute atomic E-state index is 11.8. The molecule has 0 saturated carbocycles. The third kappa shape index (κ3) is 4.36. The average molecular weight is 315 g/mol. The summed E-state index contributed by atoms with van der Waals surface area (Å²) in [4.78, 5) is 10.6. The normalized spacial score (nSPS) is 11.7. The Morgan fingerprint density at radius 2 is 2.29 bits per heavy atom. The van der Waals surface area contributed by atoms with Crippen LogP contribution < -0.4 is 4.72 Å². The fourth-order valence-electron chi connectivity index (χ4n) is 1.55. The molecule has 0 aromatic carbocycles. The van der Waals surface area contributed by atoms with Crippen molar-refractivity contribution in [3.05, 3.63) is 29.4 Å². The molecular weight excluding hydrogens is 302 g/mol. The Labute approximate surface area is 119 Å². The average Bonchev–Trinajstić information content (AvgIpc) is 2.98. The number of rotatable bonds is 7. The molecule has 0 bridgehead atoms. The van der Waals surface area contributed by atoms with Crippen LogP contribution in [0, 0.1) is 6.92 Å². The van der Waals surface area contributed by atoms with Crippen molar-refractivity contribution in [1.29, 1.82) is 0 Å². The first-order valence-electron chi connectivity index (χ1n) is 5.89. The summed E-state index contributed by atoms with van der Waals surface area (Å²) in [6, 6.07) is 1.54. The molecule has 0 amide bonds. The van der Waals surface area contributed by atoms with Gasteiger partial charge in [-0.05, 0) is 6.92 Å². The van der Waals surface area contributed by atoms with Crippen LogP contribution in [0.15, 0.2) is 16.8 Å². The number of hydrogen-bond donors (Lipinski definition) is 2. The summed E-state index contributed by atoms with van der Waals surface area (Å²) in [5.74, 6) is -0.950. The molecule has 0 fully saturated rings. The molecule has 0 unspecified atom stereocenters. The van der Waals surface area contributed by atoms with E-state index in [0.29, 0.717) is 11.5 Å². The largest absolute Gasteiger partial charge is 0.476 e. The second kappa shape index (κ2) is 6.01. The van der Waals surface area contributed by atoms with Gasteiger partial charge in [-0.2, -0.15) is 0 Å². The van der Waals surface area contributed by atoms with Crippen LogP contribution in [-0.4, -0.2) is 46.2 Å². The Kier molecular flexibility index (Phi) is 4.33. The molecular formula is C10H13N5O5S. The van der Waals surface area contributed by atoms with Crippen LogP contribution in [0.2, 0.25) is 0 Å². The van der Waals surface area contributed by atoms with Crippen LogP contribution in [0.25, 0.3) is 0 Å². The van der Waals surface area contributed by atoms with Gasteiger partial charge in [0, 0.05) is 12.6 Å². The van der Waals surface area contributed by atoms with Crippen molar-refractivity contribution in [2.75, 3.05) is 6.54 Å². The number of carboxylic acid groups (broad SMARTS) is 1. The van der Waals surface area contributed by atoms with E-state index in [2.05, 4.69) is 20.2 Å². The molecule has 2 aromatic heterocycles. The third-order valence-electron chi connectivity index (χ3n) is 2.44. The highest BCUT2D eigenvalue weighted by Crippen LogP contribution is 2.05. The van der Waals surface area contributed by atoms with E-state index in [9.17, 15) is 13.2 Å². The Bertz CT molecular complexity index is 735. The highest BCUT2D eigenvalue weighted by atomic mass is 32.2. The quantitative estimate of drug-likeness (QED) is 0.689. The number of aromatic nitrogens is 4. The number of nitrogens with zero attached hydrogens (tertiary/aromatic N) is 4. The van der Waals surface area contributed by atoms with Crippen molar-refractivity contribution in [3.63, 3.8) is 0 Å². The standard InChI is InChI=1S/C10H13N5O5S/c1-7-4-8(13-20-7)6-21(18,19)11-2-3-15-5-9(10(16)17)12-14-15/h4-5,11H,2-3,6H2,1H3,(H,16,17). The fourth-order valence-corrected chi connectivity index (χ4v) is 2.58. The molecule has 2 N–H and O–H groups in total. The lowest BCUT2D eigenvalue weighted by Crippen LogP contribution is -2.28. The molecule has 2 rings (SSSR count). The van der Waals surface area contributed by atoms with Gasteiger partial charge in [-0.25, -0.2) is 17.9 Å². The highest BCUT2D eigenvalue weighted by Gasteiger charge is 2.14. The first-order chi connectivity index (χ1) is 9.85. The molecule has 0 aliphatic heterocycles. The molecule has 0 atom stereocenters. The van der Waals surface area contributed by atoms with Gasteiger partial charge >= 0.3 is 5.97 Å². The van der Waals surface area contributed by atoms with Crippen LogP contribution in [0.3, 0.4) is 0 Å². The summed E-state index contributed by atoms with van der Waals surface area (Å²) in [7, 11) is -3.55. The van der Waals surface area contributed by atoms with E-state index in [0.717, 1.165) is 0 Å². The Morgan fingerprint density at radius 3 is 2.86 bits per heavy atom. The van der Waals surface area contributed by atoms with Gasteiger partial charge in [-0.1, -0.05) is 10.4 Å². The molecule has 21 heavy (non-hydrogen) atoms. The Morgan fingerprint density at radius 1 is 1.52 bits per heavy atom. The zero-order chi connectivity index (χ0) is 15.5. The van der Waals surface area contributed by atoms with Gasteiger partial charge in [0.1, 0.15) is 17.2 Å². The maximum Gasteiger partial charge on any atom is 0.358 e. The van der Waals surface area contributed by atoms with Gasteiger partial charge in [-0.15, -0.1) is 5.10 Å². The van der Waals surface area contributed by atoms with E-state index in [1.807, 2.05) is 0 Å². The van der Waals surface area contributed by atoms with Gasteiger partial charge in [0.25, 0.3) is 0 Å². The molecule has 0 radical (unpaired) electrons. The van der Waals surface area contributed by atoms with Crippen molar-refractivity contribution in [2.24, 2.45) is 0 Å². The number of carbonyl (C=O) groups is 1. The number of carboxylic acids is 1.